The molecule has 1 aromatic rings. The van der Waals surface area contributed by atoms with Crippen LogP contribution in [0, 0.1) is 23.7 Å². The number of carbonyl (C=O) groups excluding carboxylic acids is 1. The zero-order chi connectivity index (χ0) is 13.0. The van der Waals surface area contributed by atoms with E-state index in [0.29, 0.717) is 25.2 Å². The molecule has 0 unspecified atom stereocenters. The first-order chi connectivity index (χ1) is 8.66. The van der Waals surface area contributed by atoms with Crippen molar-refractivity contribution in [3.8, 4) is 6.07 Å². The fourth-order valence-electron chi connectivity index (χ4n) is 2.31. The summed E-state index contributed by atoms with van der Waals surface area (Å²) in [6, 6.07) is 3.94. The Hall–Kier alpha value is -1.96. The van der Waals surface area contributed by atoms with E-state index in [2.05, 4.69) is 21.4 Å². The Bertz CT molecular complexity index is 486. The van der Waals surface area contributed by atoms with E-state index in [1.54, 1.807) is 19.2 Å². The standard InChI is InChI=1S/C13H16N4O/c1-10-15-7-4-11(17-10)8-16-12(18)13(9-14)5-2-3-6-13/h4,7H,2-3,5-6,8H2,1H3,(H,16,18). The van der Waals surface area contributed by atoms with E-state index >= 15 is 0 Å². The first-order valence-electron chi connectivity index (χ1n) is 6.14. The summed E-state index contributed by atoms with van der Waals surface area (Å²) in [6.07, 6.45) is 4.90. The number of hydrogen-bond donors (Lipinski definition) is 1. The molecule has 5 nitrogen and oxygen atoms in total. The SMILES string of the molecule is Cc1nccc(CNC(=O)C2(C#N)CCCC2)n1. The molecule has 1 aliphatic rings. The first-order valence-corrected chi connectivity index (χ1v) is 6.14. The van der Waals surface area contributed by atoms with Crippen LogP contribution in [0.4, 0.5) is 0 Å². The van der Waals surface area contributed by atoms with E-state index in [4.69, 9.17) is 0 Å². The number of nitrogens with zero attached hydrogens (tertiary/aromatic N) is 3. The van der Waals surface area contributed by atoms with Crippen molar-refractivity contribution in [3.05, 3.63) is 23.8 Å². The molecular weight excluding hydrogens is 228 g/mol. The lowest BCUT2D eigenvalue weighted by atomic mass is 9.87. The molecule has 1 N–H and O–H groups in total. The van der Waals surface area contributed by atoms with Crippen molar-refractivity contribution in [1.29, 1.82) is 5.26 Å². The number of nitriles is 1. The molecule has 0 spiro atoms. The second kappa shape index (κ2) is 5.13. The molecule has 2 rings (SSSR count). The van der Waals surface area contributed by atoms with Gasteiger partial charge in [-0.3, -0.25) is 4.79 Å². The predicted molar refractivity (Wildman–Crippen MR) is 65.1 cm³/mol. The van der Waals surface area contributed by atoms with Gasteiger partial charge in [-0.15, -0.1) is 0 Å². The Labute approximate surface area is 106 Å². The highest BCUT2D eigenvalue weighted by Crippen LogP contribution is 2.37. The molecule has 0 radical (unpaired) electrons. The van der Waals surface area contributed by atoms with Crippen LogP contribution >= 0.6 is 0 Å². The van der Waals surface area contributed by atoms with Crippen LogP contribution in [0.25, 0.3) is 0 Å². The third kappa shape index (κ3) is 2.48. The summed E-state index contributed by atoms with van der Waals surface area (Å²) < 4.78 is 0. The number of aryl methyl sites for hydroxylation is 1. The number of amides is 1. The maximum absolute atomic E-state index is 12.1. The second-order valence-corrected chi connectivity index (χ2v) is 4.68. The number of aromatic nitrogens is 2. The van der Waals surface area contributed by atoms with Gasteiger partial charge in [-0.25, -0.2) is 9.97 Å². The largest absolute Gasteiger partial charge is 0.349 e. The van der Waals surface area contributed by atoms with Crippen LogP contribution < -0.4 is 5.32 Å². The lowest BCUT2D eigenvalue weighted by Gasteiger charge is -2.18. The molecule has 1 aliphatic carbocycles. The molecule has 0 aliphatic heterocycles. The highest BCUT2D eigenvalue weighted by molar-refractivity contribution is 5.85. The van der Waals surface area contributed by atoms with Crippen LogP contribution in [-0.2, 0) is 11.3 Å². The third-order valence-corrected chi connectivity index (χ3v) is 3.37. The fraction of sp³-hybridized carbons (Fsp3) is 0.538. The molecule has 1 aromatic heterocycles. The van der Waals surface area contributed by atoms with Crippen molar-refractivity contribution in [2.24, 2.45) is 5.41 Å². The van der Waals surface area contributed by atoms with E-state index in [1.165, 1.54) is 0 Å². The van der Waals surface area contributed by atoms with Crippen LogP contribution in [0.15, 0.2) is 12.3 Å². The average Bonchev–Trinajstić information content (AvgIpc) is 2.86. The minimum absolute atomic E-state index is 0.168. The van der Waals surface area contributed by atoms with Crippen molar-refractivity contribution in [2.45, 2.75) is 39.2 Å². The monoisotopic (exact) mass is 244 g/mol. The van der Waals surface area contributed by atoms with Crippen molar-refractivity contribution >= 4 is 5.91 Å². The molecule has 0 atom stereocenters. The van der Waals surface area contributed by atoms with Gasteiger partial charge in [0.05, 0.1) is 18.3 Å². The van der Waals surface area contributed by atoms with Gasteiger partial charge >= 0.3 is 0 Å². The van der Waals surface area contributed by atoms with Crippen molar-refractivity contribution in [2.75, 3.05) is 0 Å². The quantitative estimate of drug-likeness (QED) is 0.873. The summed E-state index contributed by atoms with van der Waals surface area (Å²) in [4.78, 5) is 20.3. The summed E-state index contributed by atoms with van der Waals surface area (Å²) in [5.74, 6) is 0.511. The Morgan fingerprint density at radius 1 is 1.56 bits per heavy atom. The van der Waals surface area contributed by atoms with Gasteiger partial charge in [0.2, 0.25) is 5.91 Å². The molecular formula is C13H16N4O. The number of nitrogens with one attached hydrogen (secondary N) is 1. The van der Waals surface area contributed by atoms with Gasteiger partial charge in [0.1, 0.15) is 11.2 Å². The summed E-state index contributed by atoms with van der Waals surface area (Å²) in [5.41, 5.74) is -0.0517. The number of hydrogen-bond acceptors (Lipinski definition) is 4. The van der Waals surface area contributed by atoms with Gasteiger partial charge in [-0.2, -0.15) is 5.26 Å². The lowest BCUT2D eigenvalue weighted by molar-refractivity contribution is -0.128. The van der Waals surface area contributed by atoms with Gasteiger partial charge in [0, 0.05) is 6.20 Å². The Kier molecular flexibility index (Phi) is 3.56. The number of rotatable bonds is 3. The molecule has 1 heterocycles. The van der Waals surface area contributed by atoms with Crippen LogP contribution in [0.5, 0.6) is 0 Å². The molecule has 5 heteroatoms. The van der Waals surface area contributed by atoms with Crippen LogP contribution in [-0.4, -0.2) is 15.9 Å². The minimum Gasteiger partial charge on any atom is -0.349 e. The van der Waals surface area contributed by atoms with Gasteiger partial charge < -0.3 is 5.32 Å². The van der Waals surface area contributed by atoms with Gasteiger partial charge in [-0.05, 0) is 25.8 Å². The van der Waals surface area contributed by atoms with E-state index < -0.39 is 5.41 Å². The van der Waals surface area contributed by atoms with Crippen LogP contribution in [0.3, 0.4) is 0 Å². The Morgan fingerprint density at radius 3 is 2.89 bits per heavy atom. The topological polar surface area (TPSA) is 78.7 Å². The smallest absolute Gasteiger partial charge is 0.240 e. The van der Waals surface area contributed by atoms with Gasteiger partial charge in [0.15, 0.2) is 0 Å². The molecule has 1 saturated carbocycles. The zero-order valence-electron chi connectivity index (χ0n) is 10.4. The molecule has 1 amide bonds. The maximum atomic E-state index is 12.1. The van der Waals surface area contributed by atoms with E-state index in [0.717, 1.165) is 18.5 Å². The van der Waals surface area contributed by atoms with Crippen LogP contribution in [0.2, 0.25) is 0 Å². The van der Waals surface area contributed by atoms with E-state index in [-0.39, 0.29) is 5.91 Å². The lowest BCUT2D eigenvalue weighted by Crippen LogP contribution is -2.38. The summed E-state index contributed by atoms with van der Waals surface area (Å²) in [5, 5.41) is 12.0. The summed E-state index contributed by atoms with van der Waals surface area (Å²) >= 11 is 0. The van der Waals surface area contributed by atoms with Crippen molar-refractivity contribution in [3.63, 3.8) is 0 Å². The molecule has 0 bridgehead atoms. The molecule has 1 fully saturated rings. The fourth-order valence-corrected chi connectivity index (χ4v) is 2.31. The highest BCUT2D eigenvalue weighted by atomic mass is 16.2. The second-order valence-electron chi connectivity index (χ2n) is 4.68. The minimum atomic E-state index is -0.817. The van der Waals surface area contributed by atoms with E-state index in [9.17, 15) is 10.1 Å². The van der Waals surface area contributed by atoms with Crippen LogP contribution in [0.1, 0.15) is 37.2 Å². The maximum Gasteiger partial charge on any atom is 0.240 e. The Morgan fingerprint density at radius 2 is 2.28 bits per heavy atom. The highest BCUT2D eigenvalue weighted by Gasteiger charge is 2.41. The summed E-state index contributed by atoms with van der Waals surface area (Å²) in [7, 11) is 0. The molecule has 0 aromatic carbocycles. The van der Waals surface area contributed by atoms with Gasteiger partial charge in [0.25, 0.3) is 0 Å². The summed E-state index contributed by atoms with van der Waals surface area (Å²) in [6.45, 7) is 2.16. The predicted octanol–water partition coefficient (Wildman–Crippen LogP) is 1.49. The third-order valence-electron chi connectivity index (χ3n) is 3.37. The average molecular weight is 244 g/mol. The molecule has 18 heavy (non-hydrogen) atoms. The zero-order valence-corrected chi connectivity index (χ0v) is 10.4. The first kappa shape index (κ1) is 12.5. The normalized spacial score (nSPS) is 17.1. The van der Waals surface area contributed by atoms with Crippen molar-refractivity contribution < 1.29 is 4.79 Å². The van der Waals surface area contributed by atoms with Crippen molar-refractivity contribution in [1.82, 2.24) is 15.3 Å². The molecule has 0 saturated heterocycles. The molecule has 94 valence electrons. The Balaban J connectivity index is 1.98. The van der Waals surface area contributed by atoms with E-state index in [1.807, 2.05) is 0 Å². The number of carbonyl (C=O) groups is 1. The van der Waals surface area contributed by atoms with Gasteiger partial charge in [-0.1, -0.05) is 12.8 Å².